The molecule has 0 nitrogen and oxygen atoms in total. The largest absolute Gasteiger partial charge is 0 e. The maximum Gasteiger partial charge on any atom is 0 e. The van der Waals surface area contributed by atoms with Gasteiger partial charge in [-0.3, -0.25) is 0 Å². The SMILES string of the molecule is B.[CaH2].[MgH2].[SeH2].[Zn]. The van der Waals surface area contributed by atoms with E-state index in [1.54, 1.807) is 0 Å². The van der Waals surface area contributed by atoms with Gasteiger partial charge in [-0.05, 0) is 0 Å². The van der Waals surface area contributed by atoms with Crippen LogP contribution < -0.4 is 0 Å². The molecule has 0 amide bonds. The summed E-state index contributed by atoms with van der Waals surface area (Å²) in [6.45, 7) is 0. The van der Waals surface area contributed by atoms with Crippen LogP contribution in [-0.4, -0.2) is 86.3 Å². The summed E-state index contributed by atoms with van der Waals surface area (Å²) in [7, 11) is 0. The zero-order valence-corrected chi connectivity index (χ0v) is 6.27. The average molecular weight is 229 g/mol. The molecule has 0 saturated carbocycles. The maximum atomic E-state index is 0. The second-order valence-electron chi connectivity index (χ2n) is 0. The first kappa shape index (κ1) is 41.2. The molecule has 0 aromatic heterocycles. The molecule has 0 aromatic carbocycles. The molecule has 0 atom stereocenters. The molecule has 0 aliphatic heterocycles. The van der Waals surface area contributed by atoms with Crippen molar-refractivity contribution in [1.82, 2.24) is 0 Å². The molecule has 0 aromatic rings. The summed E-state index contributed by atoms with van der Waals surface area (Å²) in [6.07, 6.45) is 0. The Bertz CT molecular complexity index is 11.6. The fraction of sp³-hybridized carbons (Fsp3) is 0. The van der Waals surface area contributed by atoms with Gasteiger partial charge in [-0.1, -0.05) is 0 Å². The van der Waals surface area contributed by atoms with Gasteiger partial charge < -0.3 is 0 Å². The van der Waals surface area contributed by atoms with Crippen LogP contribution in [0.2, 0.25) is 0 Å². The molecule has 24 valence electrons. The van der Waals surface area contributed by atoms with Crippen molar-refractivity contribution in [3.8, 4) is 0 Å². The van der Waals surface area contributed by atoms with E-state index in [1.807, 2.05) is 0 Å². The molecule has 0 spiro atoms. The molecule has 0 unspecified atom stereocenters. The summed E-state index contributed by atoms with van der Waals surface area (Å²) in [6, 6.07) is 0. The first-order chi connectivity index (χ1) is 0. The molecule has 0 heterocycles. The fourth-order valence-electron chi connectivity index (χ4n) is 0. The number of hydrogen-bond donors (Lipinski definition) is 0. The van der Waals surface area contributed by atoms with Crippen LogP contribution in [0.4, 0.5) is 0 Å². The molecule has 0 aliphatic rings. The fourth-order valence-corrected chi connectivity index (χ4v) is 0. The molecule has 0 fully saturated rings. The third-order valence-corrected chi connectivity index (χ3v) is 0. The number of hydrogen-bond acceptors (Lipinski definition) is 0. The van der Waals surface area contributed by atoms with Gasteiger partial charge in [-0.25, -0.2) is 0 Å². The van der Waals surface area contributed by atoms with E-state index in [-0.39, 0.29) is 106 Å². The monoisotopic (exact) mass is 228 g/mol. The molecule has 0 bridgehead atoms. The minimum atomic E-state index is 0. The Labute approximate surface area is 104 Å². The van der Waals surface area contributed by atoms with Gasteiger partial charge >= 0.3 is 77.9 Å². The van der Waals surface area contributed by atoms with Gasteiger partial charge in [0.1, 0.15) is 0 Å². The summed E-state index contributed by atoms with van der Waals surface area (Å²) >= 11 is 0. The third kappa shape index (κ3) is 18.9. The summed E-state index contributed by atoms with van der Waals surface area (Å²) in [5, 5.41) is 0. The Morgan fingerprint density at radius 3 is 1.00 bits per heavy atom. The van der Waals surface area contributed by atoms with Gasteiger partial charge in [-0.2, -0.15) is 0 Å². The minimum absolute atomic E-state index is 0. The number of rotatable bonds is 0. The molecule has 5 heavy (non-hydrogen) atoms. The normalized spacial score (nSPS) is 0. The third-order valence-electron chi connectivity index (χ3n) is 0. The summed E-state index contributed by atoms with van der Waals surface area (Å²) in [5.74, 6) is 0. The Kier molecular flexibility index (Phi) is 222. The van der Waals surface area contributed by atoms with Crippen LogP contribution in [0.3, 0.4) is 0 Å². The van der Waals surface area contributed by atoms with Gasteiger partial charge in [0.15, 0.2) is 0 Å². The van der Waals surface area contributed by atoms with Crippen LogP contribution in [-0.2, 0) is 19.5 Å². The first-order valence-corrected chi connectivity index (χ1v) is 0. The van der Waals surface area contributed by atoms with Crippen molar-refractivity contribution in [2.75, 3.05) is 0 Å². The van der Waals surface area contributed by atoms with E-state index in [2.05, 4.69) is 0 Å². The van der Waals surface area contributed by atoms with E-state index >= 15 is 0 Å². The van der Waals surface area contributed by atoms with E-state index < -0.39 is 0 Å². The van der Waals surface area contributed by atoms with Crippen molar-refractivity contribution in [3.05, 3.63) is 0 Å². The zero-order valence-electron chi connectivity index (χ0n) is 1.21. The zero-order chi connectivity index (χ0) is 0. The summed E-state index contributed by atoms with van der Waals surface area (Å²) < 4.78 is 0. The van der Waals surface area contributed by atoms with Gasteiger partial charge in [0.25, 0.3) is 0 Å². The molecule has 0 saturated heterocycles. The molecule has 0 rings (SSSR count). The average Bonchev–Trinajstić information content (AvgIpc) is 0. The van der Waals surface area contributed by atoms with Crippen LogP contribution in [0, 0.1) is 0 Å². The van der Waals surface area contributed by atoms with Crippen molar-refractivity contribution in [2.24, 2.45) is 0 Å². The van der Waals surface area contributed by atoms with E-state index in [0.29, 0.717) is 0 Å². The van der Waals surface area contributed by atoms with E-state index in [1.165, 1.54) is 0 Å². The molecule has 0 aliphatic carbocycles. The molecule has 0 N–H and O–H groups in total. The van der Waals surface area contributed by atoms with E-state index in [9.17, 15) is 0 Å². The second kappa shape index (κ2) is 26.9. The minimum Gasteiger partial charge on any atom is 0 e. The van der Waals surface area contributed by atoms with Crippen LogP contribution >= 0.6 is 0 Å². The predicted octanol–water partition coefficient (Wildman–Crippen LogP) is -3.94. The molecule has 5 heteroatoms. The molecular weight excluding hydrogens is 220 g/mol. The van der Waals surface area contributed by atoms with Crippen molar-refractivity contribution < 1.29 is 19.5 Å². The van der Waals surface area contributed by atoms with Crippen LogP contribution in [0.5, 0.6) is 0 Å². The quantitative estimate of drug-likeness (QED) is 0.372. The molecule has 0 radical (unpaired) electrons. The van der Waals surface area contributed by atoms with Crippen LogP contribution in [0.1, 0.15) is 0 Å². The molecular formula is H9BCaMgSeZn. The Morgan fingerprint density at radius 1 is 1.00 bits per heavy atom. The van der Waals surface area contributed by atoms with Crippen molar-refractivity contribution in [3.63, 3.8) is 0 Å². The summed E-state index contributed by atoms with van der Waals surface area (Å²) in [4.78, 5) is 0. The van der Waals surface area contributed by atoms with Crippen LogP contribution in [0.15, 0.2) is 0 Å². The van der Waals surface area contributed by atoms with Gasteiger partial charge in [0, 0.05) is 19.5 Å². The van der Waals surface area contributed by atoms with Crippen LogP contribution in [0.25, 0.3) is 0 Å². The smallest absolute Gasteiger partial charge is 0 e. The Morgan fingerprint density at radius 2 is 1.00 bits per heavy atom. The van der Waals surface area contributed by atoms with E-state index in [4.69, 9.17) is 0 Å². The predicted molar refractivity (Wildman–Crippen MR) is 35.6 cm³/mol. The van der Waals surface area contributed by atoms with Gasteiger partial charge in [-0.15, -0.1) is 0 Å². The van der Waals surface area contributed by atoms with Crippen molar-refractivity contribution >= 4 is 86.3 Å². The van der Waals surface area contributed by atoms with Crippen molar-refractivity contribution in [1.29, 1.82) is 0 Å². The Hall–Kier alpha value is 3.23. The van der Waals surface area contributed by atoms with E-state index in [0.717, 1.165) is 0 Å². The van der Waals surface area contributed by atoms with Gasteiger partial charge in [0.05, 0.1) is 8.41 Å². The topological polar surface area (TPSA) is 0 Å². The summed E-state index contributed by atoms with van der Waals surface area (Å²) in [5.41, 5.74) is 0. The van der Waals surface area contributed by atoms with Gasteiger partial charge in [0.2, 0.25) is 0 Å². The Balaban J connectivity index is 0. The maximum absolute atomic E-state index is 0. The standard InChI is InChI=1S/BH3.Ca.Mg.H2Se.Zn.4H/h1H3;;;1H2;;;;;. The first-order valence-electron chi connectivity index (χ1n) is 0. The second-order valence-corrected chi connectivity index (χ2v) is 0. The van der Waals surface area contributed by atoms with Crippen molar-refractivity contribution in [2.45, 2.75) is 0 Å².